The monoisotopic (exact) mass is 278 g/mol. The minimum absolute atomic E-state index is 0.349. The van der Waals surface area contributed by atoms with E-state index in [0.717, 1.165) is 11.3 Å². The Kier molecular flexibility index (Phi) is 4.45. The normalized spacial score (nSPS) is 15.6. The molecule has 0 saturated heterocycles. The van der Waals surface area contributed by atoms with Crippen LogP contribution in [0.1, 0.15) is 18.9 Å². The number of rotatable bonds is 3. The summed E-state index contributed by atoms with van der Waals surface area (Å²) in [6.07, 6.45) is 0.349. The zero-order valence-corrected chi connectivity index (χ0v) is 11.3. The molecule has 108 valence electrons. The van der Waals surface area contributed by atoms with E-state index in [9.17, 15) is 9.59 Å². The van der Waals surface area contributed by atoms with Crippen molar-refractivity contribution >= 4 is 12.0 Å². The first-order chi connectivity index (χ1) is 9.61. The van der Waals surface area contributed by atoms with E-state index in [4.69, 9.17) is 9.84 Å². The Morgan fingerprint density at radius 1 is 1.45 bits per heavy atom. The highest BCUT2D eigenvalue weighted by Gasteiger charge is 2.23. The number of urea groups is 1. The lowest BCUT2D eigenvalue weighted by Gasteiger charge is -2.22. The SMILES string of the molecule is CC[C@H](NC(=O)N1CCOc2ccccc2C1)C(=O)O. The minimum atomic E-state index is -1.02. The molecule has 0 saturated carbocycles. The van der Waals surface area contributed by atoms with Crippen molar-refractivity contribution in [3.8, 4) is 5.75 Å². The van der Waals surface area contributed by atoms with Crippen LogP contribution in [-0.2, 0) is 11.3 Å². The lowest BCUT2D eigenvalue weighted by molar-refractivity contribution is -0.139. The Morgan fingerprint density at radius 2 is 2.20 bits per heavy atom. The second kappa shape index (κ2) is 6.27. The van der Waals surface area contributed by atoms with Gasteiger partial charge in [0.15, 0.2) is 0 Å². The highest BCUT2D eigenvalue weighted by molar-refractivity contribution is 5.82. The zero-order valence-electron chi connectivity index (χ0n) is 11.3. The molecule has 1 aliphatic rings. The Hall–Kier alpha value is -2.24. The van der Waals surface area contributed by atoms with E-state index >= 15 is 0 Å². The Balaban J connectivity index is 2.06. The molecule has 0 fully saturated rings. The van der Waals surface area contributed by atoms with Gasteiger partial charge in [0.1, 0.15) is 18.4 Å². The van der Waals surface area contributed by atoms with Crippen LogP contribution in [0.5, 0.6) is 5.75 Å². The molecule has 2 amide bonds. The molecule has 20 heavy (non-hydrogen) atoms. The van der Waals surface area contributed by atoms with Crippen LogP contribution in [0.15, 0.2) is 24.3 Å². The summed E-state index contributed by atoms with van der Waals surface area (Å²) in [7, 11) is 0. The van der Waals surface area contributed by atoms with E-state index in [2.05, 4.69) is 5.32 Å². The third-order valence-corrected chi connectivity index (χ3v) is 3.24. The number of carboxylic acids is 1. The molecule has 0 aliphatic carbocycles. The highest BCUT2D eigenvalue weighted by atomic mass is 16.5. The maximum Gasteiger partial charge on any atom is 0.326 e. The Bertz CT molecular complexity index is 504. The first-order valence-electron chi connectivity index (χ1n) is 6.60. The number of para-hydroxylation sites is 1. The molecule has 1 aromatic carbocycles. The number of nitrogens with zero attached hydrogens (tertiary/aromatic N) is 1. The molecule has 0 aromatic heterocycles. The van der Waals surface area contributed by atoms with Crippen molar-refractivity contribution in [2.45, 2.75) is 25.9 Å². The van der Waals surface area contributed by atoms with Gasteiger partial charge in [-0.05, 0) is 12.5 Å². The topological polar surface area (TPSA) is 78.9 Å². The largest absolute Gasteiger partial charge is 0.491 e. The maximum absolute atomic E-state index is 12.1. The van der Waals surface area contributed by atoms with Crippen LogP contribution in [0.4, 0.5) is 4.79 Å². The molecule has 0 bridgehead atoms. The van der Waals surface area contributed by atoms with E-state index in [1.54, 1.807) is 11.8 Å². The van der Waals surface area contributed by atoms with Gasteiger partial charge in [0.25, 0.3) is 0 Å². The molecule has 1 atom stereocenters. The van der Waals surface area contributed by atoms with Crippen LogP contribution in [-0.4, -0.2) is 41.2 Å². The molecule has 6 heteroatoms. The predicted molar refractivity (Wildman–Crippen MR) is 72.6 cm³/mol. The van der Waals surface area contributed by atoms with Crippen molar-refractivity contribution in [1.29, 1.82) is 0 Å². The highest BCUT2D eigenvalue weighted by Crippen LogP contribution is 2.22. The van der Waals surface area contributed by atoms with Gasteiger partial charge in [-0.1, -0.05) is 25.1 Å². The first-order valence-corrected chi connectivity index (χ1v) is 6.60. The van der Waals surface area contributed by atoms with Crippen LogP contribution in [0.3, 0.4) is 0 Å². The summed E-state index contributed by atoms with van der Waals surface area (Å²) in [5, 5.41) is 11.5. The van der Waals surface area contributed by atoms with Gasteiger partial charge in [-0.25, -0.2) is 9.59 Å². The average molecular weight is 278 g/mol. The van der Waals surface area contributed by atoms with E-state index in [1.807, 2.05) is 24.3 Å². The van der Waals surface area contributed by atoms with E-state index < -0.39 is 12.0 Å². The molecule has 0 unspecified atom stereocenters. The van der Waals surface area contributed by atoms with E-state index in [0.29, 0.717) is 26.1 Å². The maximum atomic E-state index is 12.1. The van der Waals surface area contributed by atoms with Crippen molar-refractivity contribution in [2.24, 2.45) is 0 Å². The molecule has 6 nitrogen and oxygen atoms in total. The smallest absolute Gasteiger partial charge is 0.326 e. The molecular weight excluding hydrogens is 260 g/mol. The number of hydrogen-bond donors (Lipinski definition) is 2. The Labute approximate surface area is 117 Å². The van der Waals surface area contributed by atoms with Crippen molar-refractivity contribution in [3.05, 3.63) is 29.8 Å². The van der Waals surface area contributed by atoms with E-state index in [1.165, 1.54) is 0 Å². The average Bonchev–Trinajstić information content (AvgIpc) is 2.66. The molecule has 1 aromatic rings. The van der Waals surface area contributed by atoms with Crippen LogP contribution < -0.4 is 10.1 Å². The minimum Gasteiger partial charge on any atom is -0.491 e. The lowest BCUT2D eigenvalue weighted by Crippen LogP contribution is -2.48. The van der Waals surface area contributed by atoms with Crippen molar-refractivity contribution < 1.29 is 19.4 Å². The summed E-state index contributed by atoms with van der Waals surface area (Å²) >= 11 is 0. The van der Waals surface area contributed by atoms with Gasteiger partial charge < -0.3 is 20.1 Å². The number of benzene rings is 1. The summed E-state index contributed by atoms with van der Waals surface area (Å²) in [6, 6.07) is 6.29. The summed E-state index contributed by atoms with van der Waals surface area (Å²) in [5.41, 5.74) is 0.920. The van der Waals surface area contributed by atoms with Crippen LogP contribution >= 0.6 is 0 Å². The van der Waals surface area contributed by atoms with E-state index in [-0.39, 0.29) is 6.03 Å². The molecule has 1 heterocycles. The number of nitrogens with one attached hydrogen (secondary N) is 1. The molecule has 2 N–H and O–H groups in total. The van der Waals surface area contributed by atoms with Gasteiger partial charge in [-0.3, -0.25) is 0 Å². The van der Waals surface area contributed by atoms with Gasteiger partial charge in [0, 0.05) is 5.56 Å². The molecule has 2 rings (SSSR count). The molecule has 0 radical (unpaired) electrons. The second-order valence-corrected chi connectivity index (χ2v) is 4.63. The molecular formula is C14H18N2O4. The fourth-order valence-electron chi connectivity index (χ4n) is 2.08. The standard InChI is InChI=1S/C14H18N2O4/c1-2-11(13(17)18)15-14(19)16-7-8-20-12-6-4-3-5-10(12)9-16/h3-6,11H,2,7-9H2,1H3,(H,15,19)(H,17,18)/t11-/m0/s1. The lowest BCUT2D eigenvalue weighted by atomic mass is 10.2. The van der Waals surface area contributed by atoms with Gasteiger partial charge in [0.2, 0.25) is 0 Å². The molecule has 0 spiro atoms. The number of carbonyl (C=O) groups excluding carboxylic acids is 1. The number of aliphatic carboxylic acids is 1. The van der Waals surface area contributed by atoms with Crippen LogP contribution in [0.2, 0.25) is 0 Å². The zero-order chi connectivity index (χ0) is 14.5. The van der Waals surface area contributed by atoms with Crippen LogP contribution in [0.25, 0.3) is 0 Å². The van der Waals surface area contributed by atoms with Gasteiger partial charge >= 0.3 is 12.0 Å². The van der Waals surface area contributed by atoms with Crippen molar-refractivity contribution in [2.75, 3.05) is 13.2 Å². The fraction of sp³-hybridized carbons (Fsp3) is 0.429. The Morgan fingerprint density at radius 3 is 2.90 bits per heavy atom. The van der Waals surface area contributed by atoms with Crippen molar-refractivity contribution in [3.63, 3.8) is 0 Å². The molecule has 1 aliphatic heterocycles. The number of fused-ring (bicyclic) bond motifs is 1. The summed E-state index contributed by atoms with van der Waals surface area (Å²) < 4.78 is 5.57. The number of hydrogen-bond acceptors (Lipinski definition) is 3. The van der Waals surface area contributed by atoms with Crippen LogP contribution in [0, 0.1) is 0 Å². The number of ether oxygens (including phenoxy) is 1. The second-order valence-electron chi connectivity index (χ2n) is 4.63. The van der Waals surface area contributed by atoms with Crippen molar-refractivity contribution in [1.82, 2.24) is 10.2 Å². The number of carboxylic acid groups (broad SMARTS) is 1. The van der Waals surface area contributed by atoms with Gasteiger partial charge in [0.05, 0.1) is 13.1 Å². The third-order valence-electron chi connectivity index (χ3n) is 3.24. The van der Waals surface area contributed by atoms with Gasteiger partial charge in [-0.15, -0.1) is 0 Å². The predicted octanol–water partition coefficient (Wildman–Crippen LogP) is 1.45. The summed E-state index contributed by atoms with van der Waals surface area (Å²) in [5.74, 6) is -0.250. The third kappa shape index (κ3) is 3.20. The fourth-order valence-corrected chi connectivity index (χ4v) is 2.08. The number of carbonyl (C=O) groups is 2. The van der Waals surface area contributed by atoms with Gasteiger partial charge in [-0.2, -0.15) is 0 Å². The quantitative estimate of drug-likeness (QED) is 0.877. The number of amides is 2. The summed E-state index contributed by atoms with van der Waals surface area (Å²) in [4.78, 5) is 24.7. The first kappa shape index (κ1) is 14.2. The summed E-state index contributed by atoms with van der Waals surface area (Å²) in [6.45, 7) is 2.96.